The van der Waals surface area contributed by atoms with Crippen molar-refractivity contribution in [1.29, 1.82) is 0 Å². The van der Waals surface area contributed by atoms with Crippen LogP contribution in [-0.4, -0.2) is 73.1 Å². The molecule has 3 saturated carbocycles. The molecule has 6 heterocycles. The maximum absolute atomic E-state index is 12.3. The van der Waals surface area contributed by atoms with Gasteiger partial charge in [-0.15, -0.1) is 0 Å². The molecule has 3 fully saturated rings. The quantitative estimate of drug-likeness (QED) is 0.0448. The lowest BCUT2D eigenvalue weighted by Gasteiger charge is -2.02. The summed E-state index contributed by atoms with van der Waals surface area (Å²) in [7, 11) is 0. The van der Waals surface area contributed by atoms with Gasteiger partial charge in [-0.2, -0.15) is 0 Å². The van der Waals surface area contributed by atoms with Gasteiger partial charge in [0, 0.05) is 112 Å². The van der Waals surface area contributed by atoms with Crippen molar-refractivity contribution in [3.8, 4) is 0 Å². The maximum Gasteiger partial charge on any atom is 0.309 e. The van der Waals surface area contributed by atoms with E-state index < -0.39 is 32.1 Å². The molecule has 82 heavy (non-hydrogen) atoms. The minimum Gasteiger partial charge on any atom is -0.466 e. The molecule has 0 aromatic carbocycles. The number of halogens is 12. The lowest BCUT2D eigenvalue weighted by atomic mass is 10.2. The zero-order valence-corrected chi connectivity index (χ0v) is 43.1. The number of pyridine rings is 6. The summed E-state index contributed by atoms with van der Waals surface area (Å²) in [5.74, 6) is -0.151. The minimum absolute atomic E-state index is 0. The first-order valence-electron chi connectivity index (χ1n) is 23.7. The Hall–Kier alpha value is -6.91. The molecular formula is C58H68Cl2F10N6O6. The number of rotatable bonds is 15. The molecule has 24 heteroatoms. The van der Waals surface area contributed by atoms with Crippen LogP contribution in [0.2, 0.25) is 10.3 Å². The SMILES string of the molecule is C.C.C.C.C=Cc1ccc(C(F)F)cn1.CCOC(=O)[C@H]1C[C@@H]1c1ccc(C(F)F)cn1.CCOC(=O)[C@H]1C[C@H]1c1ccc(C(F)F)cn1.FC(F)c1ccc(Cl)nc1.O=Cc1ccc(Cl)nc1.OC[C@H]1C[C@@H]1c1ccc(C(F)F)cn1. The van der Waals surface area contributed by atoms with Crippen LogP contribution in [0.5, 0.6) is 0 Å². The summed E-state index contributed by atoms with van der Waals surface area (Å²) in [5, 5.41) is 9.46. The number of ether oxygens (including phenoxy) is 2. The lowest BCUT2D eigenvalue weighted by molar-refractivity contribution is -0.145. The van der Waals surface area contributed by atoms with Crippen molar-refractivity contribution in [1.82, 2.24) is 29.9 Å². The van der Waals surface area contributed by atoms with Crippen molar-refractivity contribution >= 4 is 47.5 Å². The Bertz CT molecular complexity index is 2680. The Morgan fingerprint density at radius 1 is 0.524 bits per heavy atom. The molecule has 12 nitrogen and oxygen atoms in total. The second kappa shape index (κ2) is 38.0. The molecule has 0 amide bonds. The van der Waals surface area contributed by atoms with Crippen LogP contribution in [0.25, 0.3) is 6.08 Å². The molecule has 6 aromatic rings. The number of esters is 2. The normalized spacial score (nSPS) is 17.3. The molecule has 0 radical (unpaired) electrons. The van der Waals surface area contributed by atoms with Gasteiger partial charge in [-0.05, 0) is 118 Å². The summed E-state index contributed by atoms with van der Waals surface area (Å²) >= 11 is 10.8. The zero-order chi connectivity index (χ0) is 57.5. The number of carbonyl (C=O) groups is 3. The fourth-order valence-electron chi connectivity index (χ4n) is 6.81. The van der Waals surface area contributed by atoms with Crippen molar-refractivity contribution in [2.75, 3.05) is 19.8 Å². The molecule has 0 aliphatic heterocycles. The van der Waals surface area contributed by atoms with Gasteiger partial charge in [-0.3, -0.25) is 34.3 Å². The first-order valence-corrected chi connectivity index (χ1v) is 24.5. The number of aldehydes is 1. The van der Waals surface area contributed by atoms with Crippen molar-refractivity contribution in [2.24, 2.45) is 17.8 Å². The third-order valence-corrected chi connectivity index (χ3v) is 11.8. The summed E-state index contributed by atoms with van der Waals surface area (Å²) in [5.41, 5.74) is 2.93. The van der Waals surface area contributed by atoms with Crippen molar-refractivity contribution in [3.05, 3.63) is 183 Å². The van der Waals surface area contributed by atoms with Crippen molar-refractivity contribution < 1.29 is 72.9 Å². The number of nitrogens with zero attached hydrogens (tertiary/aromatic N) is 6. The van der Waals surface area contributed by atoms with Gasteiger partial charge in [0.1, 0.15) is 10.3 Å². The second-order valence-corrected chi connectivity index (χ2v) is 17.7. The van der Waals surface area contributed by atoms with Crippen LogP contribution in [0.15, 0.2) is 117 Å². The number of aromatic nitrogens is 6. The number of aliphatic hydroxyl groups is 1. The zero-order valence-electron chi connectivity index (χ0n) is 41.6. The number of hydrogen-bond donors (Lipinski definition) is 1. The van der Waals surface area contributed by atoms with Gasteiger partial charge in [0.15, 0.2) is 6.29 Å². The Balaban J connectivity index is 0.000000965. The topological polar surface area (TPSA) is 167 Å². The minimum atomic E-state index is -2.50. The van der Waals surface area contributed by atoms with E-state index in [0.29, 0.717) is 53.9 Å². The van der Waals surface area contributed by atoms with E-state index in [9.17, 15) is 58.3 Å². The number of aliphatic hydroxyl groups excluding tert-OH is 1. The van der Waals surface area contributed by atoms with Gasteiger partial charge < -0.3 is 14.6 Å². The van der Waals surface area contributed by atoms with Crippen LogP contribution in [0, 0.1) is 17.8 Å². The fourth-order valence-corrected chi connectivity index (χ4v) is 7.03. The van der Waals surface area contributed by atoms with E-state index in [0.717, 1.165) is 30.8 Å². The smallest absolute Gasteiger partial charge is 0.309 e. The average Bonchev–Trinajstić information content (AvgIpc) is 4.39. The van der Waals surface area contributed by atoms with E-state index >= 15 is 0 Å². The summed E-state index contributed by atoms with van der Waals surface area (Å²) in [6, 6.07) is 17.5. The van der Waals surface area contributed by atoms with Crippen LogP contribution in [-0.2, 0) is 19.1 Å². The number of hydrogen-bond acceptors (Lipinski definition) is 12. The number of carbonyl (C=O) groups excluding carboxylic acids is 3. The largest absolute Gasteiger partial charge is 0.466 e. The summed E-state index contributed by atoms with van der Waals surface area (Å²) < 4.78 is 131. The van der Waals surface area contributed by atoms with Crippen LogP contribution >= 0.6 is 23.2 Å². The highest BCUT2D eigenvalue weighted by Gasteiger charge is 2.47. The molecule has 450 valence electrons. The summed E-state index contributed by atoms with van der Waals surface area (Å²) in [4.78, 5) is 55.6. The molecule has 3 aliphatic carbocycles. The maximum atomic E-state index is 12.3. The molecule has 0 bridgehead atoms. The third-order valence-electron chi connectivity index (χ3n) is 11.4. The van der Waals surface area contributed by atoms with Gasteiger partial charge in [0.2, 0.25) is 0 Å². The van der Waals surface area contributed by atoms with E-state index in [2.05, 4.69) is 36.5 Å². The molecule has 6 aromatic heterocycles. The molecule has 0 saturated heterocycles. The van der Waals surface area contributed by atoms with Gasteiger partial charge in [-0.25, -0.2) is 53.9 Å². The van der Waals surface area contributed by atoms with Crippen molar-refractivity contribution in [2.45, 2.75) is 113 Å². The molecule has 0 spiro atoms. The average molecular weight is 1210 g/mol. The first kappa shape index (κ1) is 75.1. The Morgan fingerprint density at radius 2 is 0.866 bits per heavy atom. The fraction of sp³-hybridized carbons (Fsp3) is 0.397. The molecule has 3 aliphatic rings. The second-order valence-electron chi connectivity index (χ2n) is 16.9. The monoisotopic (exact) mass is 1200 g/mol. The molecule has 1 N–H and O–H groups in total. The van der Waals surface area contributed by atoms with E-state index in [1.165, 1.54) is 73.3 Å². The third kappa shape index (κ3) is 25.1. The molecule has 9 rings (SSSR count). The predicted molar refractivity (Wildman–Crippen MR) is 296 cm³/mol. The van der Waals surface area contributed by atoms with E-state index in [1.807, 2.05) is 0 Å². The highest BCUT2D eigenvalue weighted by molar-refractivity contribution is 6.29. The highest BCUT2D eigenvalue weighted by Crippen LogP contribution is 2.49. The van der Waals surface area contributed by atoms with E-state index in [-0.39, 0.29) is 117 Å². The molecule has 6 atom stereocenters. The first-order chi connectivity index (χ1) is 37.2. The van der Waals surface area contributed by atoms with Crippen LogP contribution < -0.4 is 0 Å². The van der Waals surface area contributed by atoms with Crippen molar-refractivity contribution in [3.63, 3.8) is 0 Å². The Kier molecular flexibility index (Phi) is 34.8. The van der Waals surface area contributed by atoms with E-state index in [1.54, 1.807) is 44.2 Å². The predicted octanol–water partition coefficient (Wildman–Crippen LogP) is 16.9. The Morgan fingerprint density at radius 3 is 1.12 bits per heavy atom. The Labute approximate surface area is 481 Å². The van der Waals surface area contributed by atoms with Gasteiger partial charge in [0.05, 0.1) is 30.7 Å². The molecule has 0 unspecified atom stereocenters. The standard InChI is InChI=1S/2C12H13F2NO2.C10H11F2NO.C8H7F2N.C6H4ClF2N.C6H4ClNO.4CH4/c2*1-2-17-12(16)9-5-8(9)10-4-3-7(6-15-10)11(13)14;11-10(12)6-1-2-9(13-4-6)8-3-7(8)5-14;1-2-7-4-3-6(5-11-7)8(9)10;7-5-2-1-4(3-10-5)6(8)9;7-6-2-1-5(4-9)3-8-6;;;;/h2*3-4,6,8-9,11H,2,5H2,1H3;1-2,4,7-8,10,14H,3,5H2;2-5,8H,1H2;1-3,6H;1-4H;4*1H4/t8-,9+;8-,9-;7-,8+;;;;;;;/m101......./s1. The van der Waals surface area contributed by atoms with Gasteiger partial charge in [0.25, 0.3) is 32.1 Å². The van der Waals surface area contributed by atoms with Gasteiger partial charge in [-0.1, -0.05) is 59.5 Å². The van der Waals surface area contributed by atoms with Crippen LogP contribution in [0.1, 0.15) is 174 Å². The lowest BCUT2D eigenvalue weighted by Crippen LogP contribution is -2.07. The summed E-state index contributed by atoms with van der Waals surface area (Å²) in [6.45, 7) is 7.84. The summed E-state index contributed by atoms with van der Waals surface area (Å²) in [6.07, 6.45) is -0.642. The van der Waals surface area contributed by atoms with Crippen LogP contribution in [0.3, 0.4) is 0 Å². The van der Waals surface area contributed by atoms with Gasteiger partial charge >= 0.3 is 11.9 Å². The highest BCUT2D eigenvalue weighted by atomic mass is 35.5. The van der Waals surface area contributed by atoms with Crippen LogP contribution in [0.4, 0.5) is 43.9 Å². The molecular weight excluding hydrogens is 1140 g/mol. The number of alkyl halides is 10. The van der Waals surface area contributed by atoms with E-state index in [4.69, 9.17) is 37.8 Å².